The van der Waals surface area contributed by atoms with Crippen molar-refractivity contribution in [2.45, 2.75) is 51.5 Å². The van der Waals surface area contributed by atoms with Gasteiger partial charge in [0.1, 0.15) is 5.71 Å². The van der Waals surface area contributed by atoms with Gasteiger partial charge in [-0.1, -0.05) is 19.8 Å². The maximum absolute atomic E-state index is 11.9. The lowest BCUT2D eigenvalue weighted by molar-refractivity contribution is -0.121. The van der Waals surface area contributed by atoms with Crippen LogP contribution < -0.4 is 10.7 Å². The molecule has 2 aliphatic rings. The second-order valence-electron chi connectivity index (χ2n) is 4.85. The largest absolute Gasteiger partial charge is 0.348 e. The number of amides is 2. The van der Waals surface area contributed by atoms with Gasteiger partial charge in [-0.25, -0.2) is 5.43 Å². The summed E-state index contributed by atoms with van der Waals surface area (Å²) in [7, 11) is 0. The zero-order valence-electron chi connectivity index (χ0n) is 10.2. The Morgan fingerprint density at radius 1 is 1.53 bits per heavy atom. The molecule has 0 aromatic carbocycles. The Kier molecular flexibility index (Phi) is 3.76. The molecule has 1 saturated carbocycles. The molecule has 1 fully saturated rings. The maximum atomic E-state index is 11.9. The highest BCUT2D eigenvalue weighted by Gasteiger charge is 2.27. The van der Waals surface area contributed by atoms with Crippen LogP contribution in [-0.2, 0) is 9.59 Å². The number of nitrogens with zero attached hydrogens (tertiary/aromatic N) is 1. The van der Waals surface area contributed by atoms with Gasteiger partial charge in [-0.2, -0.15) is 5.10 Å². The van der Waals surface area contributed by atoms with E-state index in [1.165, 1.54) is 12.8 Å². The van der Waals surface area contributed by atoms with Crippen LogP contribution in [0, 0.1) is 5.92 Å². The molecule has 1 aliphatic heterocycles. The van der Waals surface area contributed by atoms with Crippen LogP contribution in [0.15, 0.2) is 5.10 Å². The number of carbonyl (C=O) groups excluding carboxylic acids is 2. The predicted molar refractivity (Wildman–Crippen MR) is 64.4 cm³/mol. The van der Waals surface area contributed by atoms with Gasteiger partial charge in [0.05, 0.1) is 0 Å². The van der Waals surface area contributed by atoms with Crippen LogP contribution in [0.25, 0.3) is 0 Å². The van der Waals surface area contributed by atoms with Crippen molar-refractivity contribution in [2.75, 3.05) is 0 Å². The maximum Gasteiger partial charge on any atom is 0.267 e. The number of hydrogen-bond acceptors (Lipinski definition) is 3. The van der Waals surface area contributed by atoms with E-state index in [0.29, 0.717) is 18.6 Å². The lowest BCUT2D eigenvalue weighted by Crippen LogP contribution is -2.42. The van der Waals surface area contributed by atoms with Gasteiger partial charge in [0.2, 0.25) is 5.91 Å². The molecule has 1 heterocycles. The van der Waals surface area contributed by atoms with Gasteiger partial charge < -0.3 is 5.32 Å². The van der Waals surface area contributed by atoms with Crippen molar-refractivity contribution in [1.82, 2.24) is 10.7 Å². The van der Waals surface area contributed by atoms with E-state index in [1.807, 2.05) is 0 Å². The number of hydrazone groups is 1. The van der Waals surface area contributed by atoms with Crippen LogP contribution >= 0.6 is 0 Å². The highest BCUT2D eigenvalue weighted by Crippen LogP contribution is 2.34. The molecule has 5 heteroatoms. The summed E-state index contributed by atoms with van der Waals surface area (Å²) >= 11 is 0. The smallest absolute Gasteiger partial charge is 0.267 e. The molecule has 1 atom stereocenters. The highest BCUT2D eigenvalue weighted by atomic mass is 16.2. The highest BCUT2D eigenvalue weighted by molar-refractivity contribution is 6.39. The van der Waals surface area contributed by atoms with Crippen LogP contribution in [0.4, 0.5) is 0 Å². The summed E-state index contributed by atoms with van der Waals surface area (Å²) in [5, 5.41) is 6.80. The minimum absolute atomic E-state index is 0.119. The van der Waals surface area contributed by atoms with Crippen molar-refractivity contribution >= 4 is 17.5 Å². The minimum Gasteiger partial charge on any atom is -0.348 e. The van der Waals surface area contributed by atoms with Crippen LogP contribution in [0.5, 0.6) is 0 Å². The normalized spacial score (nSPS) is 21.5. The Balaban J connectivity index is 1.84. The van der Waals surface area contributed by atoms with Crippen LogP contribution in [0.1, 0.15) is 45.4 Å². The van der Waals surface area contributed by atoms with Crippen molar-refractivity contribution in [2.24, 2.45) is 11.0 Å². The van der Waals surface area contributed by atoms with Crippen molar-refractivity contribution in [1.29, 1.82) is 0 Å². The van der Waals surface area contributed by atoms with E-state index >= 15 is 0 Å². The fourth-order valence-corrected chi connectivity index (χ4v) is 1.99. The first-order chi connectivity index (χ1) is 8.19. The molecule has 0 spiro atoms. The first-order valence-electron chi connectivity index (χ1n) is 6.35. The Morgan fingerprint density at radius 3 is 2.82 bits per heavy atom. The van der Waals surface area contributed by atoms with E-state index in [0.717, 1.165) is 18.8 Å². The second kappa shape index (κ2) is 5.29. The minimum atomic E-state index is -0.127. The molecule has 1 aliphatic carbocycles. The molecule has 0 saturated heterocycles. The zero-order chi connectivity index (χ0) is 12.3. The Labute approximate surface area is 101 Å². The summed E-state index contributed by atoms with van der Waals surface area (Å²) in [6.07, 6.45) is 5.40. The molecule has 2 amide bonds. The molecule has 5 nitrogen and oxygen atoms in total. The van der Waals surface area contributed by atoms with E-state index in [4.69, 9.17) is 0 Å². The molecular formula is C12H19N3O2. The van der Waals surface area contributed by atoms with Gasteiger partial charge >= 0.3 is 0 Å². The fraction of sp³-hybridized carbons (Fsp3) is 0.750. The Hall–Kier alpha value is -1.39. The summed E-state index contributed by atoms with van der Waals surface area (Å²) in [6.45, 7) is 2.08. The summed E-state index contributed by atoms with van der Waals surface area (Å²) < 4.78 is 0. The van der Waals surface area contributed by atoms with Crippen LogP contribution in [-0.4, -0.2) is 23.6 Å². The predicted octanol–water partition coefficient (Wildman–Crippen LogP) is 0.947. The molecule has 2 rings (SSSR count). The first kappa shape index (κ1) is 12.1. The summed E-state index contributed by atoms with van der Waals surface area (Å²) in [4.78, 5) is 22.8. The van der Waals surface area contributed by atoms with Gasteiger partial charge in [0, 0.05) is 18.9 Å². The first-order valence-corrected chi connectivity index (χ1v) is 6.35. The number of rotatable bonds is 5. The molecule has 0 radical (unpaired) electrons. The van der Waals surface area contributed by atoms with Gasteiger partial charge in [-0.05, 0) is 18.8 Å². The SMILES string of the molecule is CCC(CC1CC1)NC(=O)C1=NNC(=O)CC1. The van der Waals surface area contributed by atoms with E-state index in [1.54, 1.807) is 0 Å². The third kappa shape index (κ3) is 3.54. The van der Waals surface area contributed by atoms with Crippen molar-refractivity contribution in [3.8, 4) is 0 Å². The quantitative estimate of drug-likeness (QED) is 0.747. The molecule has 0 aromatic heterocycles. The third-order valence-corrected chi connectivity index (χ3v) is 3.31. The number of hydrogen-bond donors (Lipinski definition) is 2. The topological polar surface area (TPSA) is 70.6 Å². The lowest BCUT2D eigenvalue weighted by Gasteiger charge is -2.18. The standard InChI is InChI=1S/C12H19N3O2/c1-2-9(7-8-3-4-8)13-12(17)10-5-6-11(16)15-14-10/h8-9H,2-7H2,1H3,(H,13,17)(H,15,16). The lowest BCUT2D eigenvalue weighted by atomic mass is 10.1. The zero-order valence-corrected chi connectivity index (χ0v) is 10.2. The van der Waals surface area contributed by atoms with Crippen molar-refractivity contribution in [3.63, 3.8) is 0 Å². The number of nitrogens with one attached hydrogen (secondary N) is 2. The summed E-state index contributed by atoms with van der Waals surface area (Å²) in [6, 6.07) is 0.246. The Morgan fingerprint density at radius 2 is 2.29 bits per heavy atom. The molecule has 94 valence electrons. The monoisotopic (exact) mass is 237 g/mol. The fourth-order valence-electron chi connectivity index (χ4n) is 1.99. The van der Waals surface area contributed by atoms with E-state index in [-0.39, 0.29) is 17.9 Å². The summed E-state index contributed by atoms with van der Waals surface area (Å²) in [5.41, 5.74) is 2.79. The van der Waals surface area contributed by atoms with E-state index in [2.05, 4.69) is 22.8 Å². The van der Waals surface area contributed by atoms with Gasteiger partial charge in [0.15, 0.2) is 0 Å². The van der Waals surface area contributed by atoms with E-state index < -0.39 is 0 Å². The summed E-state index contributed by atoms with van der Waals surface area (Å²) in [5.74, 6) is 0.553. The average molecular weight is 237 g/mol. The van der Waals surface area contributed by atoms with Crippen LogP contribution in [0.2, 0.25) is 0 Å². The molecule has 0 bridgehead atoms. The van der Waals surface area contributed by atoms with E-state index in [9.17, 15) is 9.59 Å². The third-order valence-electron chi connectivity index (χ3n) is 3.31. The van der Waals surface area contributed by atoms with Crippen LogP contribution in [0.3, 0.4) is 0 Å². The second-order valence-corrected chi connectivity index (χ2v) is 4.85. The number of carbonyl (C=O) groups is 2. The Bertz CT molecular complexity index is 348. The average Bonchev–Trinajstić information content (AvgIpc) is 3.13. The van der Waals surface area contributed by atoms with Gasteiger partial charge in [-0.3, -0.25) is 9.59 Å². The molecule has 0 aromatic rings. The van der Waals surface area contributed by atoms with Gasteiger partial charge in [-0.15, -0.1) is 0 Å². The molecule has 1 unspecified atom stereocenters. The molecular weight excluding hydrogens is 218 g/mol. The van der Waals surface area contributed by atoms with Gasteiger partial charge in [0.25, 0.3) is 5.91 Å². The van der Waals surface area contributed by atoms with Crippen molar-refractivity contribution < 1.29 is 9.59 Å². The molecule has 2 N–H and O–H groups in total. The molecule has 17 heavy (non-hydrogen) atoms. The van der Waals surface area contributed by atoms with Crippen molar-refractivity contribution in [3.05, 3.63) is 0 Å².